The van der Waals surface area contributed by atoms with Crippen LogP contribution in [0.15, 0.2) is 0 Å². The predicted octanol–water partition coefficient (Wildman–Crippen LogP) is 2.07. The molecule has 2 aliphatic heterocycles. The minimum absolute atomic E-state index is 0.390. The summed E-state index contributed by atoms with van der Waals surface area (Å²) in [4.78, 5) is 4.39. The standard InChI is InChI=1S/C14H22F3N5S/c15-14(16,17)12-19-20-13(23-12)22-7-1-6-21(8-9-22)10-11-2-4-18-5-3-11/h11,18H,1-10H2. The molecule has 3 heterocycles. The average molecular weight is 349 g/mol. The van der Waals surface area contributed by atoms with Crippen LogP contribution in [0.1, 0.15) is 24.3 Å². The molecule has 0 amide bonds. The highest BCUT2D eigenvalue weighted by molar-refractivity contribution is 7.15. The predicted molar refractivity (Wildman–Crippen MR) is 83.8 cm³/mol. The lowest BCUT2D eigenvalue weighted by Gasteiger charge is -2.29. The molecule has 5 nitrogen and oxygen atoms in total. The number of rotatable bonds is 3. The van der Waals surface area contributed by atoms with Gasteiger partial charge >= 0.3 is 6.18 Å². The zero-order valence-electron chi connectivity index (χ0n) is 13.0. The first-order valence-corrected chi connectivity index (χ1v) is 8.93. The summed E-state index contributed by atoms with van der Waals surface area (Å²) in [5.74, 6) is 0.737. The van der Waals surface area contributed by atoms with Crippen LogP contribution in [0.25, 0.3) is 0 Å². The monoisotopic (exact) mass is 349 g/mol. The maximum atomic E-state index is 12.6. The van der Waals surface area contributed by atoms with Gasteiger partial charge in [0.15, 0.2) is 0 Å². The molecule has 2 aliphatic rings. The Bertz CT molecular complexity index is 501. The van der Waals surface area contributed by atoms with E-state index in [1.54, 1.807) is 0 Å². The van der Waals surface area contributed by atoms with E-state index in [0.717, 1.165) is 58.2 Å². The van der Waals surface area contributed by atoms with E-state index in [1.165, 1.54) is 12.8 Å². The van der Waals surface area contributed by atoms with Gasteiger partial charge in [-0.15, -0.1) is 10.2 Å². The molecule has 1 N–H and O–H groups in total. The van der Waals surface area contributed by atoms with Gasteiger partial charge in [0.25, 0.3) is 0 Å². The fourth-order valence-electron chi connectivity index (χ4n) is 3.23. The normalized spacial score (nSPS) is 22.3. The first-order chi connectivity index (χ1) is 11.0. The highest BCUT2D eigenvalue weighted by Gasteiger charge is 2.36. The summed E-state index contributed by atoms with van der Waals surface area (Å²) in [6.07, 6.45) is -1.02. The van der Waals surface area contributed by atoms with Crippen LogP contribution in [0.4, 0.5) is 18.3 Å². The molecule has 0 aromatic carbocycles. The maximum absolute atomic E-state index is 12.6. The van der Waals surface area contributed by atoms with Gasteiger partial charge in [0.05, 0.1) is 0 Å². The first-order valence-electron chi connectivity index (χ1n) is 8.11. The Morgan fingerprint density at radius 1 is 1.09 bits per heavy atom. The van der Waals surface area contributed by atoms with Crippen molar-refractivity contribution in [3.8, 4) is 0 Å². The first kappa shape index (κ1) is 16.9. The number of nitrogens with one attached hydrogen (secondary N) is 1. The van der Waals surface area contributed by atoms with Crippen molar-refractivity contribution in [1.82, 2.24) is 20.4 Å². The number of halogens is 3. The van der Waals surface area contributed by atoms with Crippen LogP contribution in [0.3, 0.4) is 0 Å². The van der Waals surface area contributed by atoms with Crippen molar-refractivity contribution in [2.75, 3.05) is 50.7 Å². The van der Waals surface area contributed by atoms with Crippen molar-refractivity contribution in [3.05, 3.63) is 5.01 Å². The van der Waals surface area contributed by atoms with Gasteiger partial charge in [0, 0.05) is 26.2 Å². The lowest BCUT2D eigenvalue weighted by atomic mass is 9.97. The molecule has 0 aliphatic carbocycles. The van der Waals surface area contributed by atoms with Crippen molar-refractivity contribution < 1.29 is 13.2 Å². The topological polar surface area (TPSA) is 44.3 Å². The van der Waals surface area contributed by atoms with E-state index in [2.05, 4.69) is 20.4 Å². The summed E-state index contributed by atoms with van der Waals surface area (Å²) in [7, 11) is 0. The molecule has 0 saturated carbocycles. The molecule has 23 heavy (non-hydrogen) atoms. The third kappa shape index (κ3) is 4.54. The molecule has 9 heteroatoms. The molecule has 0 spiro atoms. The van der Waals surface area contributed by atoms with Gasteiger partial charge in [0.1, 0.15) is 0 Å². The second kappa shape index (κ2) is 7.31. The van der Waals surface area contributed by atoms with Crippen LogP contribution in [0, 0.1) is 5.92 Å². The molecule has 0 atom stereocenters. The van der Waals surface area contributed by atoms with Crippen LogP contribution in [0.5, 0.6) is 0 Å². The Hall–Kier alpha value is -0.930. The third-order valence-corrected chi connectivity index (χ3v) is 5.52. The summed E-state index contributed by atoms with van der Waals surface area (Å²) >= 11 is 0.644. The number of nitrogens with zero attached hydrogens (tertiary/aromatic N) is 4. The zero-order chi connectivity index (χ0) is 16.3. The SMILES string of the molecule is FC(F)(F)c1nnc(N2CCCN(CC3CCNCC3)CC2)s1. The molecule has 130 valence electrons. The van der Waals surface area contributed by atoms with Crippen molar-refractivity contribution in [1.29, 1.82) is 0 Å². The molecule has 1 aromatic heterocycles. The molecule has 2 fully saturated rings. The van der Waals surface area contributed by atoms with E-state index in [0.29, 0.717) is 16.5 Å². The number of hydrogen-bond acceptors (Lipinski definition) is 6. The average Bonchev–Trinajstić information content (AvgIpc) is 2.91. The fourth-order valence-corrected chi connectivity index (χ4v) is 4.00. The van der Waals surface area contributed by atoms with E-state index < -0.39 is 11.2 Å². The van der Waals surface area contributed by atoms with E-state index in [-0.39, 0.29) is 0 Å². The smallest absolute Gasteiger partial charge is 0.345 e. The van der Waals surface area contributed by atoms with E-state index >= 15 is 0 Å². The number of piperidine rings is 1. The Morgan fingerprint density at radius 2 is 1.87 bits per heavy atom. The largest absolute Gasteiger partial charge is 0.445 e. The summed E-state index contributed by atoms with van der Waals surface area (Å²) in [6, 6.07) is 0. The molecular formula is C14H22F3N5S. The van der Waals surface area contributed by atoms with Crippen molar-refractivity contribution in [2.45, 2.75) is 25.4 Å². The van der Waals surface area contributed by atoms with Gasteiger partial charge in [0.2, 0.25) is 10.1 Å². The molecule has 3 rings (SSSR count). The highest BCUT2D eigenvalue weighted by atomic mass is 32.1. The highest BCUT2D eigenvalue weighted by Crippen LogP contribution is 2.34. The van der Waals surface area contributed by atoms with Crippen molar-refractivity contribution in [2.24, 2.45) is 5.92 Å². The lowest BCUT2D eigenvalue weighted by Crippen LogP contribution is -2.38. The van der Waals surface area contributed by atoms with Gasteiger partial charge in [-0.3, -0.25) is 0 Å². The second-order valence-corrected chi connectivity index (χ2v) is 7.18. The quantitative estimate of drug-likeness (QED) is 0.905. The summed E-state index contributed by atoms with van der Waals surface area (Å²) in [6.45, 7) is 6.63. The van der Waals surface area contributed by atoms with E-state index in [9.17, 15) is 13.2 Å². The minimum atomic E-state index is -4.40. The second-order valence-electron chi connectivity index (χ2n) is 6.22. The lowest BCUT2D eigenvalue weighted by molar-refractivity contribution is -0.138. The van der Waals surface area contributed by atoms with Crippen LogP contribution in [-0.2, 0) is 6.18 Å². The van der Waals surface area contributed by atoms with Crippen LogP contribution in [-0.4, -0.2) is 60.9 Å². The molecule has 0 radical (unpaired) electrons. The van der Waals surface area contributed by atoms with E-state index in [4.69, 9.17) is 0 Å². The number of aromatic nitrogens is 2. The van der Waals surface area contributed by atoms with Crippen LogP contribution < -0.4 is 10.2 Å². The number of anilines is 1. The Labute approximate surface area is 137 Å². The number of hydrogen-bond donors (Lipinski definition) is 1. The molecule has 1 aromatic rings. The van der Waals surface area contributed by atoms with Crippen molar-refractivity contribution >= 4 is 16.5 Å². The Balaban J connectivity index is 1.54. The maximum Gasteiger partial charge on any atom is 0.445 e. The Kier molecular flexibility index (Phi) is 5.38. The van der Waals surface area contributed by atoms with E-state index in [1.807, 2.05) is 4.90 Å². The Morgan fingerprint density at radius 3 is 2.57 bits per heavy atom. The molecule has 0 unspecified atom stereocenters. The zero-order valence-corrected chi connectivity index (χ0v) is 13.8. The van der Waals surface area contributed by atoms with Gasteiger partial charge in [-0.25, -0.2) is 0 Å². The molecule has 2 saturated heterocycles. The summed E-state index contributed by atoms with van der Waals surface area (Å²) < 4.78 is 37.9. The van der Waals surface area contributed by atoms with Gasteiger partial charge in [-0.1, -0.05) is 11.3 Å². The van der Waals surface area contributed by atoms with Gasteiger partial charge in [-0.05, 0) is 44.8 Å². The molecular weight excluding hydrogens is 327 g/mol. The van der Waals surface area contributed by atoms with Crippen LogP contribution >= 0.6 is 11.3 Å². The molecule has 0 bridgehead atoms. The van der Waals surface area contributed by atoms with Crippen molar-refractivity contribution in [3.63, 3.8) is 0 Å². The van der Waals surface area contributed by atoms with Crippen LogP contribution in [0.2, 0.25) is 0 Å². The third-order valence-electron chi connectivity index (χ3n) is 4.49. The number of alkyl halides is 3. The minimum Gasteiger partial charge on any atom is -0.345 e. The summed E-state index contributed by atoms with van der Waals surface area (Å²) in [5, 5.41) is 9.93. The van der Waals surface area contributed by atoms with Gasteiger partial charge in [-0.2, -0.15) is 13.2 Å². The summed E-state index contributed by atoms with van der Waals surface area (Å²) in [5.41, 5.74) is 0. The van der Waals surface area contributed by atoms with Gasteiger partial charge < -0.3 is 15.1 Å². The fraction of sp³-hybridized carbons (Fsp3) is 0.857.